The van der Waals surface area contributed by atoms with Crippen LogP contribution >= 0.6 is 11.3 Å². The van der Waals surface area contributed by atoms with Crippen LogP contribution in [0.2, 0.25) is 0 Å². The third-order valence-corrected chi connectivity index (χ3v) is 6.83. The van der Waals surface area contributed by atoms with Gasteiger partial charge in [-0.2, -0.15) is 0 Å². The summed E-state index contributed by atoms with van der Waals surface area (Å²) in [6.45, 7) is 2.22. The van der Waals surface area contributed by atoms with E-state index in [0.29, 0.717) is 17.7 Å². The zero-order valence-electron chi connectivity index (χ0n) is 19.6. The molecule has 0 radical (unpaired) electrons. The average molecular weight is 467 g/mol. The van der Waals surface area contributed by atoms with Crippen molar-refractivity contribution in [2.75, 3.05) is 11.9 Å². The standard InChI is InChI=1S/C27H34N2O3S/c1-3-4-5-6-7-8-9-13-25(30)29(2)23-12-10-11-22(19-23)21-16-14-20(15-17-21)18-24-26(31)28-27(32)33-24/h10-12,14-17,19,31H,3-9,13,18H2,1-2H3,(H,28,32). The Labute approximate surface area is 200 Å². The highest BCUT2D eigenvalue weighted by Gasteiger charge is 2.12. The number of aromatic amines is 1. The highest BCUT2D eigenvalue weighted by molar-refractivity contribution is 7.09. The summed E-state index contributed by atoms with van der Waals surface area (Å²) in [5.74, 6) is 0.104. The maximum atomic E-state index is 12.7. The van der Waals surface area contributed by atoms with Gasteiger partial charge in [-0.15, -0.1) is 0 Å². The fraction of sp³-hybridized carbons (Fsp3) is 0.407. The molecule has 0 aliphatic heterocycles. The number of nitrogens with one attached hydrogen (secondary N) is 1. The van der Waals surface area contributed by atoms with E-state index in [0.717, 1.165) is 46.6 Å². The topological polar surface area (TPSA) is 73.4 Å². The number of unbranched alkanes of at least 4 members (excludes halogenated alkanes) is 6. The van der Waals surface area contributed by atoms with Crippen LogP contribution in [0.4, 0.5) is 5.69 Å². The first kappa shape index (κ1) is 24.8. The normalized spacial score (nSPS) is 11.0. The molecule has 0 saturated heterocycles. The molecule has 6 heteroatoms. The smallest absolute Gasteiger partial charge is 0.307 e. The van der Waals surface area contributed by atoms with Gasteiger partial charge in [-0.25, -0.2) is 0 Å². The first-order valence-corrected chi connectivity index (χ1v) is 12.7. The van der Waals surface area contributed by atoms with Crippen LogP contribution in [0.1, 0.15) is 68.7 Å². The number of carbonyl (C=O) groups is 1. The first-order valence-electron chi connectivity index (χ1n) is 11.8. The van der Waals surface area contributed by atoms with Gasteiger partial charge in [0.15, 0.2) is 0 Å². The lowest BCUT2D eigenvalue weighted by Crippen LogP contribution is -2.25. The Hall–Kier alpha value is -2.86. The second kappa shape index (κ2) is 12.4. The third kappa shape index (κ3) is 7.32. The summed E-state index contributed by atoms with van der Waals surface area (Å²) in [5.41, 5.74) is 4.01. The van der Waals surface area contributed by atoms with Crippen LogP contribution in [-0.4, -0.2) is 23.0 Å². The number of nitrogens with zero attached hydrogens (tertiary/aromatic N) is 1. The molecule has 1 aromatic heterocycles. The Bertz CT molecular complexity index is 1090. The summed E-state index contributed by atoms with van der Waals surface area (Å²) >= 11 is 1.03. The van der Waals surface area contributed by atoms with Gasteiger partial charge in [0.1, 0.15) is 0 Å². The lowest BCUT2D eigenvalue weighted by atomic mass is 10.0. The molecule has 0 bridgehead atoms. The van der Waals surface area contributed by atoms with Gasteiger partial charge < -0.3 is 10.0 Å². The molecule has 0 saturated carbocycles. The van der Waals surface area contributed by atoms with Crippen molar-refractivity contribution in [1.82, 2.24) is 4.98 Å². The molecule has 1 amide bonds. The van der Waals surface area contributed by atoms with Crippen molar-refractivity contribution in [1.29, 1.82) is 0 Å². The Morgan fingerprint density at radius 1 is 0.970 bits per heavy atom. The lowest BCUT2D eigenvalue weighted by Gasteiger charge is -2.18. The van der Waals surface area contributed by atoms with E-state index < -0.39 is 0 Å². The molecule has 2 aromatic carbocycles. The molecule has 3 aromatic rings. The summed E-state index contributed by atoms with van der Waals surface area (Å²) in [7, 11) is 1.85. The predicted octanol–water partition coefficient (Wildman–Crippen LogP) is 6.50. The molecule has 33 heavy (non-hydrogen) atoms. The number of hydrogen-bond donors (Lipinski definition) is 2. The molecule has 0 spiro atoms. The number of anilines is 1. The Morgan fingerprint density at radius 2 is 1.67 bits per heavy atom. The van der Waals surface area contributed by atoms with Gasteiger partial charge in [0.25, 0.3) is 0 Å². The summed E-state index contributed by atoms with van der Waals surface area (Å²) in [4.78, 5) is 28.6. The van der Waals surface area contributed by atoms with E-state index in [1.165, 1.54) is 32.1 Å². The molecule has 0 atom stereocenters. The molecular formula is C27H34N2O3S. The molecule has 1 heterocycles. The Balaban J connectivity index is 1.56. The van der Waals surface area contributed by atoms with Gasteiger partial charge in [-0.1, -0.05) is 93.2 Å². The monoisotopic (exact) mass is 466 g/mol. The van der Waals surface area contributed by atoms with Crippen molar-refractivity contribution in [3.63, 3.8) is 0 Å². The highest BCUT2D eigenvalue weighted by atomic mass is 32.1. The van der Waals surface area contributed by atoms with Crippen molar-refractivity contribution in [2.45, 2.75) is 64.7 Å². The van der Waals surface area contributed by atoms with Gasteiger partial charge >= 0.3 is 4.87 Å². The zero-order valence-corrected chi connectivity index (χ0v) is 20.4. The van der Waals surface area contributed by atoms with Crippen LogP contribution in [0.25, 0.3) is 11.1 Å². The van der Waals surface area contributed by atoms with E-state index in [1.807, 2.05) is 55.6 Å². The molecule has 176 valence electrons. The van der Waals surface area contributed by atoms with Crippen molar-refractivity contribution in [2.24, 2.45) is 0 Å². The fourth-order valence-corrected chi connectivity index (χ4v) is 4.67. The van der Waals surface area contributed by atoms with Crippen molar-refractivity contribution in [3.05, 3.63) is 68.6 Å². The van der Waals surface area contributed by atoms with Crippen molar-refractivity contribution in [3.8, 4) is 17.0 Å². The van der Waals surface area contributed by atoms with E-state index in [2.05, 4.69) is 11.9 Å². The fourth-order valence-electron chi connectivity index (χ4n) is 3.91. The van der Waals surface area contributed by atoms with Gasteiger partial charge in [-0.05, 0) is 35.2 Å². The minimum atomic E-state index is -0.249. The molecule has 0 unspecified atom stereocenters. The second-order valence-corrected chi connectivity index (χ2v) is 9.60. The van der Waals surface area contributed by atoms with Crippen LogP contribution < -0.4 is 9.77 Å². The predicted molar refractivity (Wildman–Crippen MR) is 137 cm³/mol. The average Bonchev–Trinajstić information content (AvgIpc) is 3.14. The highest BCUT2D eigenvalue weighted by Crippen LogP contribution is 2.27. The first-order chi connectivity index (χ1) is 16.0. The van der Waals surface area contributed by atoms with Crippen molar-refractivity contribution >= 4 is 22.9 Å². The third-order valence-electron chi connectivity index (χ3n) is 5.95. The summed E-state index contributed by atoms with van der Waals surface area (Å²) in [5, 5.41) is 9.79. The number of hydrogen-bond acceptors (Lipinski definition) is 4. The number of H-pyrrole nitrogens is 1. The van der Waals surface area contributed by atoms with Gasteiger partial charge in [-0.3, -0.25) is 14.6 Å². The molecule has 3 rings (SSSR count). The number of amides is 1. The number of aromatic nitrogens is 1. The van der Waals surface area contributed by atoms with E-state index >= 15 is 0 Å². The minimum Gasteiger partial charge on any atom is -0.494 e. The summed E-state index contributed by atoms with van der Waals surface area (Å²) in [6.07, 6.45) is 9.50. The molecule has 0 aliphatic rings. The number of aromatic hydroxyl groups is 1. The van der Waals surface area contributed by atoms with E-state index in [-0.39, 0.29) is 16.7 Å². The van der Waals surface area contributed by atoms with Crippen LogP contribution in [0, 0.1) is 0 Å². The van der Waals surface area contributed by atoms with Gasteiger partial charge in [0, 0.05) is 25.6 Å². The lowest BCUT2D eigenvalue weighted by molar-refractivity contribution is -0.118. The van der Waals surface area contributed by atoms with Crippen LogP contribution in [0.3, 0.4) is 0 Å². The SMILES string of the molecule is CCCCCCCCCC(=O)N(C)c1cccc(-c2ccc(Cc3sc(=O)[nH]c3O)cc2)c1. The van der Waals surface area contributed by atoms with Gasteiger partial charge in [0.2, 0.25) is 11.8 Å². The molecule has 5 nitrogen and oxygen atoms in total. The number of thiazole rings is 1. The zero-order chi connectivity index (χ0) is 23.6. The molecule has 0 aliphatic carbocycles. The Morgan fingerprint density at radius 3 is 2.33 bits per heavy atom. The molecule has 2 N–H and O–H groups in total. The summed E-state index contributed by atoms with van der Waals surface area (Å²) < 4.78 is 0. The summed E-state index contributed by atoms with van der Waals surface area (Å²) in [6, 6.07) is 16.1. The Kier molecular flexibility index (Phi) is 9.31. The van der Waals surface area contributed by atoms with E-state index in [4.69, 9.17) is 0 Å². The maximum absolute atomic E-state index is 12.7. The second-order valence-electron chi connectivity index (χ2n) is 8.53. The van der Waals surface area contributed by atoms with Crippen LogP contribution in [-0.2, 0) is 11.2 Å². The van der Waals surface area contributed by atoms with E-state index in [9.17, 15) is 14.7 Å². The van der Waals surface area contributed by atoms with Gasteiger partial charge in [0.05, 0.1) is 4.88 Å². The van der Waals surface area contributed by atoms with Crippen LogP contribution in [0.15, 0.2) is 53.3 Å². The van der Waals surface area contributed by atoms with Crippen molar-refractivity contribution < 1.29 is 9.90 Å². The molecule has 0 fully saturated rings. The quantitative estimate of drug-likeness (QED) is 0.299. The number of benzene rings is 2. The maximum Gasteiger partial charge on any atom is 0.307 e. The van der Waals surface area contributed by atoms with Crippen LogP contribution in [0.5, 0.6) is 5.88 Å². The largest absolute Gasteiger partial charge is 0.494 e. The number of carbonyl (C=O) groups excluding carboxylic acids is 1. The molecular weight excluding hydrogens is 432 g/mol. The van der Waals surface area contributed by atoms with E-state index in [1.54, 1.807) is 4.90 Å². The number of rotatable bonds is 12. The minimum absolute atomic E-state index is 0.0500.